The van der Waals surface area contributed by atoms with E-state index in [1.54, 1.807) is 24.3 Å². The third kappa shape index (κ3) is 6.82. The number of carbonyl (C=O) groups excluding carboxylic acids is 1. The molecule has 0 aliphatic heterocycles. The van der Waals surface area contributed by atoms with Crippen LogP contribution >= 0.6 is 0 Å². The fourth-order valence-corrected chi connectivity index (χ4v) is 3.14. The van der Waals surface area contributed by atoms with Gasteiger partial charge in [0.1, 0.15) is 0 Å². The molecule has 0 saturated heterocycles. The number of anilines is 1. The van der Waals surface area contributed by atoms with Crippen LogP contribution in [0.1, 0.15) is 46.6 Å². The van der Waals surface area contributed by atoms with Gasteiger partial charge in [-0.25, -0.2) is 4.68 Å². The molecule has 0 unspecified atom stereocenters. The highest BCUT2D eigenvalue weighted by atomic mass is 19.4. The Bertz CT molecular complexity index is 1110. The maximum absolute atomic E-state index is 13.0. The third-order valence-electron chi connectivity index (χ3n) is 4.69. The molecule has 1 amide bonds. The quantitative estimate of drug-likeness (QED) is 0.432. The molecular weight excluding hydrogens is 445 g/mol. The van der Waals surface area contributed by atoms with E-state index < -0.39 is 11.7 Å². The highest BCUT2D eigenvalue weighted by Gasteiger charge is 2.30. The summed E-state index contributed by atoms with van der Waals surface area (Å²) in [7, 11) is 0. The zero-order valence-corrected chi connectivity index (χ0v) is 19.9. The van der Waals surface area contributed by atoms with Crippen molar-refractivity contribution >= 4 is 11.6 Å². The van der Waals surface area contributed by atoms with E-state index in [-0.39, 0.29) is 23.3 Å². The molecule has 3 rings (SSSR count). The first-order chi connectivity index (χ1) is 15.8. The average molecular weight is 475 g/mol. The van der Waals surface area contributed by atoms with Gasteiger partial charge in [0.25, 0.3) is 0 Å². The van der Waals surface area contributed by atoms with Crippen molar-refractivity contribution in [2.24, 2.45) is 11.3 Å². The van der Waals surface area contributed by atoms with Gasteiger partial charge in [-0.3, -0.25) is 4.79 Å². The van der Waals surface area contributed by atoms with Crippen LogP contribution in [0.3, 0.4) is 0 Å². The monoisotopic (exact) mass is 474 g/mol. The van der Waals surface area contributed by atoms with E-state index in [0.717, 1.165) is 12.1 Å². The SMILES string of the molecule is CC(C)COc1nc(-c2ccc(C(F)(F)F)cc2)n(-c2ccc(NC(=O)CC(C)(C)C)cc2)n1. The second-order valence-electron chi connectivity index (χ2n) is 9.74. The molecule has 0 fully saturated rings. The smallest absolute Gasteiger partial charge is 0.416 e. The highest BCUT2D eigenvalue weighted by molar-refractivity contribution is 5.91. The number of hydrogen-bond acceptors (Lipinski definition) is 4. The Morgan fingerprint density at radius 2 is 1.65 bits per heavy atom. The second kappa shape index (κ2) is 9.87. The molecule has 2 aromatic carbocycles. The minimum atomic E-state index is -4.43. The number of alkyl halides is 3. The summed E-state index contributed by atoms with van der Waals surface area (Å²) in [5.74, 6) is 0.505. The molecule has 34 heavy (non-hydrogen) atoms. The Labute approximate surface area is 197 Å². The van der Waals surface area contributed by atoms with Gasteiger partial charge in [-0.1, -0.05) is 46.8 Å². The number of aromatic nitrogens is 3. The lowest BCUT2D eigenvalue weighted by molar-refractivity contribution is -0.137. The van der Waals surface area contributed by atoms with Crippen molar-refractivity contribution in [3.63, 3.8) is 0 Å². The maximum Gasteiger partial charge on any atom is 0.416 e. The van der Waals surface area contributed by atoms with Crippen molar-refractivity contribution in [2.75, 3.05) is 11.9 Å². The van der Waals surface area contributed by atoms with Crippen LogP contribution in [0.15, 0.2) is 48.5 Å². The first-order valence-corrected chi connectivity index (χ1v) is 11.0. The normalized spacial score (nSPS) is 12.1. The van der Waals surface area contributed by atoms with Crippen molar-refractivity contribution < 1.29 is 22.7 Å². The van der Waals surface area contributed by atoms with Crippen molar-refractivity contribution in [2.45, 2.75) is 47.2 Å². The van der Waals surface area contributed by atoms with E-state index in [0.29, 0.717) is 35.8 Å². The lowest BCUT2D eigenvalue weighted by Gasteiger charge is -2.17. The van der Waals surface area contributed by atoms with Crippen LogP contribution in [-0.2, 0) is 11.0 Å². The number of hydrogen-bond donors (Lipinski definition) is 1. The van der Waals surface area contributed by atoms with Crippen molar-refractivity contribution in [3.05, 3.63) is 54.1 Å². The number of benzene rings is 2. The number of carbonyl (C=O) groups is 1. The summed E-state index contributed by atoms with van der Waals surface area (Å²) in [5.41, 5.74) is 0.839. The molecular formula is C25H29F3N4O2. The molecule has 0 atom stereocenters. The summed E-state index contributed by atoms with van der Waals surface area (Å²) in [4.78, 5) is 16.6. The summed E-state index contributed by atoms with van der Waals surface area (Å²) in [6, 6.07) is 11.8. The molecule has 1 heterocycles. The zero-order valence-electron chi connectivity index (χ0n) is 19.9. The molecule has 0 bridgehead atoms. The lowest BCUT2D eigenvalue weighted by Crippen LogP contribution is -2.19. The van der Waals surface area contributed by atoms with Crippen LogP contribution in [0.5, 0.6) is 6.01 Å². The fraction of sp³-hybridized carbons (Fsp3) is 0.400. The molecule has 6 nitrogen and oxygen atoms in total. The standard InChI is InChI=1S/C25H29F3N4O2/c1-16(2)15-34-23-30-22(17-6-8-18(9-7-17)25(26,27)28)32(31-23)20-12-10-19(11-13-20)29-21(33)14-24(3,4)5/h6-13,16H,14-15H2,1-5H3,(H,29,33). The summed E-state index contributed by atoms with van der Waals surface area (Å²) in [6.07, 6.45) is -4.04. The van der Waals surface area contributed by atoms with Gasteiger partial charge in [0.2, 0.25) is 5.91 Å². The molecule has 0 aliphatic carbocycles. The van der Waals surface area contributed by atoms with Gasteiger partial charge in [-0.15, -0.1) is 5.10 Å². The van der Waals surface area contributed by atoms with Crippen LogP contribution < -0.4 is 10.1 Å². The van der Waals surface area contributed by atoms with E-state index in [2.05, 4.69) is 15.4 Å². The van der Waals surface area contributed by atoms with Gasteiger partial charge in [-0.2, -0.15) is 18.2 Å². The summed E-state index contributed by atoms with van der Waals surface area (Å²) < 4.78 is 46.1. The topological polar surface area (TPSA) is 69.0 Å². The van der Waals surface area contributed by atoms with E-state index in [1.807, 2.05) is 34.6 Å². The van der Waals surface area contributed by atoms with Gasteiger partial charge in [-0.05, 0) is 47.7 Å². The van der Waals surface area contributed by atoms with Gasteiger partial charge in [0.05, 0.1) is 17.9 Å². The van der Waals surface area contributed by atoms with Crippen LogP contribution in [0, 0.1) is 11.3 Å². The number of halogens is 3. The minimum Gasteiger partial charge on any atom is -0.462 e. The van der Waals surface area contributed by atoms with Crippen molar-refractivity contribution in [3.8, 4) is 23.1 Å². The number of nitrogens with zero attached hydrogens (tertiary/aromatic N) is 3. The minimum absolute atomic E-state index is 0.0872. The van der Waals surface area contributed by atoms with Gasteiger partial charge < -0.3 is 10.1 Å². The largest absolute Gasteiger partial charge is 0.462 e. The molecule has 9 heteroatoms. The first kappa shape index (κ1) is 25.3. The van der Waals surface area contributed by atoms with E-state index in [1.165, 1.54) is 16.8 Å². The summed E-state index contributed by atoms with van der Waals surface area (Å²) in [6.45, 7) is 10.3. The Morgan fingerprint density at radius 3 is 2.18 bits per heavy atom. The van der Waals surface area contributed by atoms with E-state index in [9.17, 15) is 18.0 Å². The highest BCUT2D eigenvalue weighted by Crippen LogP contribution is 2.32. The molecule has 0 radical (unpaired) electrons. The lowest BCUT2D eigenvalue weighted by atomic mass is 9.92. The fourth-order valence-electron chi connectivity index (χ4n) is 3.14. The maximum atomic E-state index is 13.0. The van der Waals surface area contributed by atoms with Crippen LogP contribution in [0.2, 0.25) is 0 Å². The van der Waals surface area contributed by atoms with Gasteiger partial charge in [0, 0.05) is 17.7 Å². The predicted octanol–water partition coefficient (Wildman–Crippen LogP) is 6.36. The molecule has 1 N–H and O–H groups in total. The van der Waals surface area contributed by atoms with E-state index in [4.69, 9.17) is 4.74 Å². The zero-order chi connectivity index (χ0) is 25.1. The van der Waals surface area contributed by atoms with Crippen LogP contribution in [0.25, 0.3) is 17.1 Å². The van der Waals surface area contributed by atoms with Crippen molar-refractivity contribution in [1.29, 1.82) is 0 Å². The molecule has 3 aromatic rings. The molecule has 0 saturated carbocycles. The van der Waals surface area contributed by atoms with Crippen LogP contribution in [-0.4, -0.2) is 27.3 Å². The second-order valence-corrected chi connectivity index (χ2v) is 9.74. The summed E-state index contributed by atoms with van der Waals surface area (Å²) in [5, 5.41) is 7.28. The average Bonchev–Trinajstić information content (AvgIpc) is 3.15. The Kier molecular flexibility index (Phi) is 7.33. The molecule has 182 valence electrons. The van der Waals surface area contributed by atoms with Gasteiger partial charge in [0.15, 0.2) is 5.82 Å². The number of rotatable bonds is 7. The molecule has 0 spiro atoms. The molecule has 1 aromatic heterocycles. The Hall–Kier alpha value is -3.36. The third-order valence-corrected chi connectivity index (χ3v) is 4.69. The van der Waals surface area contributed by atoms with Gasteiger partial charge >= 0.3 is 12.2 Å². The predicted molar refractivity (Wildman–Crippen MR) is 125 cm³/mol. The number of amides is 1. The Morgan fingerprint density at radius 1 is 1.03 bits per heavy atom. The summed E-state index contributed by atoms with van der Waals surface area (Å²) >= 11 is 0. The molecule has 0 aliphatic rings. The number of nitrogens with one attached hydrogen (secondary N) is 1. The first-order valence-electron chi connectivity index (χ1n) is 11.0. The number of ether oxygens (including phenoxy) is 1. The van der Waals surface area contributed by atoms with Crippen LogP contribution in [0.4, 0.5) is 18.9 Å². The Balaban J connectivity index is 1.91. The van der Waals surface area contributed by atoms with Crippen molar-refractivity contribution in [1.82, 2.24) is 14.8 Å². The van der Waals surface area contributed by atoms with E-state index >= 15 is 0 Å².